The highest BCUT2D eigenvalue weighted by atomic mass is 32.1. The van der Waals surface area contributed by atoms with Crippen LogP contribution in [-0.2, 0) is 9.53 Å². The van der Waals surface area contributed by atoms with E-state index in [-0.39, 0.29) is 23.9 Å². The van der Waals surface area contributed by atoms with E-state index in [0.717, 1.165) is 57.3 Å². The summed E-state index contributed by atoms with van der Waals surface area (Å²) in [6.07, 6.45) is 7.60. The number of rotatable bonds is 8. The number of likely N-dealkylation sites (tertiary alicyclic amines) is 1. The van der Waals surface area contributed by atoms with Crippen molar-refractivity contribution in [2.45, 2.75) is 90.2 Å². The van der Waals surface area contributed by atoms with Crippen molar-refractivity contribution in [2.24, 2.45) is 11.8 Å². The molecule has 58 heavy (non-hydrogen) atoms. The van der Waals surface area contributed by atoms with E-state index in [9.17, 15) is 9.59 Å². The number of thiophene rings is 1. The lowest BCUT2D eigenvalue weighted by atomic mass is 9.80. The first-order chi connectivity index (χ1) is 28.0. The fourth-order valence-electron chi connectivity index (χ4n) is 9.41. The van der Waals surface area contributed by atoms with E-state index >= 15 is 4.39 Å². The average molecular weight is 803 g/mol. The first-order valence-corrected chi connectivity index (χ1v) is 21.1. The van der Waals surface area contributed by atoms with Gasteiger partial charge in [0.1, 0.15) is 29.3 Å². The van der Waals surface area contributed by atoms with E-state index in [4.69, 9.17) is 19.4 Å². The highest BCUT2D eigenvalue weighted by Gasteiger charge is 2.42. The molecular weight excluding hydrogens is 756 g/mol. The van der Waals surface area contributed by atoms with Crippen molar-refractivity contribution in [3.05, 3.63) is 87.6 Å². The number of aryl methyl sites for hydroxylation is 2. The van der Waals surface area contributed by atoms with Gasteiger partial charge in [-0.2, -0.15) is 0 Å². The van der Waals surface area contributed by atoms with Crippen LogP contribution in [0.3, 0.4) is 0 Å². The molecule has 2 amide bonds. The minimum atomic E-state index is -0.743. The molecule has 1 saturated carbocycles. The van der Waals surface area contributed by atoms with E-state index in [0.29, 0.717) is 47.4 Å². The maximum atomic E-state index is 16.7. The molecule has 10 rings (SSSR count). The zero-order valence-electron chi connectivity index (χ0n) is 33.2. The molecule has 1 aliphatic carbocycles. The molecule has 14 heteroatoms. The summed E-state index contributed by atoms with van der Waals surface area (Å²) in [7, 11) is 1.28. The summed E-state index contributed by atoms with van der Waals surface area (Å²) in [5, 5.41) is 7.42. The van der Waals surface area contributed by atoms with Gasteiger partial charge in [0.25, 0.3) is 0 Å². The zero-order chi connectivity index (χ0) is 40.0. The first kappa shape index (κ1) is 36.8. The third-order valence-electron chi connectivity index (χ3n) is 12.8. The van der Waals surface area contributed by atoms with Crippen molar-refractivity contribution < 1.29 is 23.5 Å². The number of carbonyl (C=O) groups is 2. The molecule has 6 unspecified atom stereocenters. The van der Waals surface area contributed by atoms with Gasteiger partial charge in [-0.25, -0.2) is 19.2 Å². The molecule has 4 N–H and O–H groups in total. The van der Waals surface area contributed by atoms with Gasteiger partial charge >= 0.3 is 6.09 Å². The van der Waals surface area contributed by atoms with E-state index in [1.54, 1.807) is 22.4 Å². The van der Waals surface area contributed by atoms with Gasteiger partial charge in [-0.1, -0.05) is 19.9 Å². The number of imidazole rings is 2. The van der Waals surface area contributed by atoms with Crippen molar-refractivity contribution >= 4 is 34.2 Å². The molecule has 7 heterocycles. The molecule has 4 aliphatic rings. The number of hydrogen-bond acceptors (Lipinski definition) is 8. The largest absolute Gasteiger partial charge is 0.464 e. The molecule has 3 fully saturated rings. The SMILES string of the molecule is COC(=O)NC(C(=O)N1CCCC1c1ncc(-c2cc(F)c3c(c2)OC(c2cc(C)c(C)s2)n2c-3cc3cc(-c4cnc(C5CC6CCC6N5)[nH]4)ccc32)[nH]1)C(C)C. The van der Waals surface area contributed by atoms with Crippen molar-refractivity contribution in [1.82, 2.24) is 40.0 Å². The Kier molecular flexibility index (Phi) is 8.97. The number of halogens is 1. The Morgan fingerprint density at radius 1 is 1.00 bits per heavy atom. The molecular formula is C44H47FN8O4S. The van der Waals surface area contributed by atoms with E-state index in [2.05, 4.69) is 69.3 Å². The quantitative estimate of drug-likeness (QED) is 0.121. The summed E-state index contributed by atoms with van der Waals surface area (Å²) in [6.45, 7) is 8.51. The molecule has 12 nitrogen and oxygen atoms in total. The molecule has 0 spiro atoms. The van der Waals surface area contributed by atoms with Crippen LogP contribution in [0.1, 0.15) is 91.2 Å². The third-order valence-corrected chi connectivity index (χ3v) is 14.0. The number of nitrogens with zero attached hydrogens (tertiary/aromatic N) is 4. The molecule has 6 atom stereocenters. The van der Waals surface area contributed by atoms with Crippen molar-refractivity contribution in [1.29, 1.82) is 0 Å². The number of hydrogen-bond donors (Lipinski definition) is 4. The Morgan fingerprint density at radius 2 is 1.79 bits per heavy atom. The van der Waals surface area contributed by atoms with Gasteiger partial charge in [0.05, 0.1) is 64.6 Å². The molecule has 4 aromatic heterocycles. The number of ether oxygens (including phenoxy) is 2. The molecule has 6 aromatic rings. The smallest absolute Gasteiger partial charge is 0.407 e. The second kappa shape index (κ2) is 14.1. The fourth-order valence-corrected chi connectivity index (χ4v) is 10.5. The Hall–Kier alpha value is -5.47. The van der Waals surface area contributed by atoms with Gasteiger partial charge in [0, 0.05) is 34.0 Å². The topological polar surface area (TPSA) is 142 Å². The lowest BCUT2D eigenvalue weighted by Gasteiger charge is -2.30. The van der Waals surface area contributed by atoms with Gasteiger partial charge in [-0.3, -0.25) is 9.36 Å². The van der Waals surface area contributed by atoms with Gasteiger partial charge in [-0.15, -0.1) is 11.3 Å². The van der Waals surface area contributed by atoms with Crippen LogP contribution in [0.15, 0.2) is 54.9 Å². The van der Waals surface area contributed by atoms with Crippen LogP contribution in [0.4, 0.5) is 9.18 Å². The van der Waals surface area contributed by atoms with Crippen LogP contribution in [-0.4, -0.2) is 67.1 Å². The van der Waals surface area contributed by atoms with Crippen molar-refractivity contribution in [2.75, 3.05) is 13.7 Å². The van der Waals surface area contributed by atoms with Crippen LogP contribution in [0.5, 0.6) is 5.75 Å². The molecule has 300 valence electrons. The first-order valence-electron chi connectivity index (χ1n) is 20.3. The Labute approximate surface area is 339 Å². The van der Waals surface area contributed by atoms with Crippen molar-refractivity contribution in [3.8, 4) is 39.5 Å². The average Bonchev–Trinajstić information content (AvgIpc) is 4.06. The van der Waals surface area contributed by atoms with E-state index in [1.807, 2.05) is 26.1 Å². The molecule has 3 aliphatic heterocycles. The van der Waals surface area contributed by atoms with Gasteiger partial charge in [0.15, 0.2) is 0 Å². The number of aromatic amines is 2. The number of nitrogens with one attached hydrogen (secondary N) is 4. The van der Waals surface area contributed by atoms with Gasteiger partial charge in [-0.05, 0) is 99.7 Å². The van der Waals surface area contributed by atoms with Crippen molar-refractivity contribution in [3.63, 3.8) is 0 Å². The van der Waals surface area contributed by atoms with Gasteiger partial charge in [0.2, 0.25) is 12.1 Å². The summed E-state index contributed by atoms with van der Waals surface area (Å²) in [5.41, 5.74) is 6.45. The normalized spacial score (nSPS) is 22.7. The van der Waals surface area contributed by atoms with Crippen LogP contribution < -0.4 is 15.4 Å². The zero-order valence-corrected chi connectivity index (χ0v) is 34.0. The number of methoxy groups -OCH3 is 1. The summed E-state index contributed by atoms with van der Waals surface area (Å²) >= 11 is 1.69. The molecule has 2 saturated heterocycles. The summed E-state index contributed by atoms with van der Waals surface area (Å²) in [4.78, 5) is 46.3. The fraction of sp³-hybridized carbons (Fsp3) is 0.409. The number of aromatic nitrogens is 5. The summed E-state index contributed by atoms with van der Waals surface area (Å²) in [5.74, 6) is 2.04. The van der Waals surface area contributed by atoms with E-state index < -0.39 is 24.2 Å². The number of fused-ring (bicyclic) bond motifs is 6. The Morgan fingerprint density at radius 3 is 2.50 bits per heavy atom. The summed E-state index contributed by atoms with van der Waals surface area (Å²) in [6, 6.07) is 13.8. The number of H-pyrrole nitrogens is 2. The van der Waals surface area contributed by atoms with Gasteiger partial charge < -0.3 is 35.0 Å². The third kappa shape index (κ3) is 6.10. The second-order valence-electron chi connectivity index (χ2n) is 16.7. The maximum Gasteiger partial charge on any atom is 0.407 e. The number of alkyl carbamates (subject to hydrolysis) is 1. The molecule has 0 radical (unpaired) electrons. The highest BCUT2D eigenvalue weighted by molar-refractivity contribution is 7.12. The number of benzene rings is 2. The number of amides is 2. The minimum absolute atomic E-state index is 0.149. The molecule has 0 bridgehead atoms. The second-order valence-corrected chi connectivity index (χ2v) is 18.0. The molecule has 2 aromatic carbocycles. The Bertz CT molecular complexity index is 2560. The minimum Gasteiger partial charge on any atom is -0.464 e. The van der Waals surface area contributed by atoms with Crippen LogP contribution in [0.2, 0.25) is 0 Å². The summed E-state index contributed by atoms with van der Waals surface area (Å²) < 4.78 is 30.5. The lowest BCUT2D eigenvalue weighted by molar-refractivity contribution is -0.135. The monoisotopic (exact) mass is 802 g/mol. The van der Waals surface area contributed by atoms with Crippen LogP contribution >= 0.6 is 11.3 Å². The van der Waals surface area contributed by atoms with Crippen LogP contribution in [0, 0.1) is 31.5 Å². The lowest BCUT2D eigenvalue weighted by Crippen LogP contribution is -2.51. The van der Waals surface area contributed by atoms with E-state index in [1.165, 1.54) is 36.5 Å². The number of carbonyl (C=O) groups excluding carboxylic acids is 2. The van der Waals surface area contributed by atoms with Crippen LogP contribution in [0.25, 0.3) is 44.7 Å². The highest BCUT2D eigenvalue weighted by Crippen LogP contribution is 2.49. The Balaban J connectivity index is 0.988. The maximum absolute atomic E-state index is 16.7. The standard InChI is InChI=1S/C44H47FN8O4S/c1-21(2)39(51-44(55)56-5)42(54)52-12-6-7-34(52)41-47-20-32(50-41)26-15-28(45)38-35-17-27-14-24(31-19-46-40(49-31)30-16-25-8-10-29(25)48-30)9-11-33(27)53(35)43(57-36(38)18-26)37-13-22(3)23(4)58-37/h9,11,13-15,17-21,25,29-30,34,39,43,48H,6-8,10,12,16H2,1-5H3,(H,46,49)(H,47,50)(H,51,55). The predicted molar refractivity (Wildman–Crippen MR) is 220 cm³/mol. The predicted octanol–water partition coefficient (Wildman–Crippen LogP) is 8.70.